The van der Waals surface area contributed by atoms with Gasteiger partial charge in [-0.05, 0) is 11.6 Å². The van der Waals surface area contributed by atoms with Gasteiger partial charge >= 0.3 is 5.97 Å². The van der Waals surface area contributed by atoms with Gasteiger partial charge in [-0.15, -0.1) is 0 Å². The number of carbonyl (C=O) groups excluding carboxylic acids is 3. The van der Waals surface area contributed by atoms with Crippen LogP contribution in [0.3, 0.4) is 0 Å². The van der Waals surface area contributed by atoms with Crippen LogP contribution < -0.4 is 10.2 Å². The zero-order valence-electron chi connectivity index (χ0n) is 16.3. The van der Waals surface area contributed by atoms with Crippen molar-refractivity contribution in [1.29, 1.82) is 0 Å². The van der Waals surface area contributed by atoms with E-state index >= 15 is 0 Å². The van der Waals surface area contributed by atoms with Crippen LogP contribution in [0.1, 0.15) is 12.5 Å². The predicted molar refractivity (Wildman–Crippen MR) is 104 cm³/mol. The van der Waals surface area contributed by atoms with Crippen molar-refractivity contribution in [2.75, 3.05) is 39.8 Å². The Labute approximate surface area is 163 Å². The Bertz CT molecular complexity index is 855. The second-order valence-electron chi connectivity index (χ2n) is 7.14. The quantitative estimate of drug-likeness (QED) is 0.561. The molecular weight excluding hydrogens is 360 g/mol. The summed E-state index contributed by atoms with van der Waals surface area (Å²) in [4.78, 5) is 42.2. The van der Waals surface area contributed by atoms with Crippen molar-refractivity contribution < 1.29 is 24.0 Å². The average Bonchev–Trinajstić information content (AvgIpc) is 3.10. The molecule has 1 fully saturated rings. The zero-order valence-corrected chi connectivity index (χ0v) is 16.3. The van der Waals surface area contributed by atoms with Crippen LogP contribution >= 0.6 is 0 Å². The Hall–Kier alpha value is -2.87. The molecule has 0 aliphatic carbocycles. The summed E-state index contributed by atoms with van der Waals surface area (Å²) in [5.74, 6) is -0.593. The average molecular weight is 387 g/mol. The van der Waals surface area contributed by atoms with Gasteiger partial charge in [-0.25, -0.2) is 4.79 Å². The Balaban J connectivity index is 1.60. The number of amides is 2. The van der Waals surface area contributed by atoms with Gasteiger partial charge in [0.05, 0.1) is 33.3 Å². The third kappa shape index (κ3) is 4.69. The number of fused-ring (bicyclic) bond motifs is 1. The Morgan fingerprint density at radius 1 is 1.25 bits per heavy atom. The molecule has 1 aromatic heterocycles. The molecule has 2 heterocycles. The van der Waals surface area contributed by atoms with Crippen LogP contribution in [0.5, 0.6) is 0 Å². The van der Waals surface area contributed by atoms with Gasteiger partial charge in [0.1, 0.15) is 6.04 Å². The number of aromatic nitrogens is 1. The highest BCUT2D eigenvalue weighted by molar-refractivity contribution is 5.87. The molecule has 0 spiro atoms. The normalized spacial score (nSPS) is 16.0. The smallest absolute Gasteiger partial charge is 0.328 e. The monoisotopic (exact) mass is 387 g/mol. The first kappa shape index (κ1) is 19.9. The maximum atomic E-state index is 12.5. The van der Waals surface area contributed by atoms with Crippen molar-refractivity contribution in [3.8, 4) is 0 Å². The summed E-state index contributed by atoms with van der Waals surface area (Å²) in [6.07, 6.45) is 2.22. The van der Waals surface area contributed by atoms with Crippen LogP contribution in [0, 0.1) is 0 Å². The van der Waals surface area contributed by atoms with Gasteiger partial charge in [-0.1, -0.05) is 18.2 Å². The molecule has 28 heavy (non-hydrogen) atoms. The van der Waals surface area contributed by atoms with Crippen molar-refractivity contribution in [1.82, 2.24) is 15.2 Å². The highest BCUT2D eigenvalue weighted by Gasteiger charge is 2.27. The number of para-hydroxylation sites is 1. The van der Waals surface area contributed by atoms with E-state index in [1.807, 2.05) is 30.5 Å². The fourth-order valence-corrected chi connectivity index (χ4v) is 3.64. The SMILES string of the molecule is COC(=O)[C@@H](Cc1c[nH]c2ccccc12)NC(=O)C[NH+]1CCN(C(C)=O)CC1. The minimum atomic E-state index is -0.741. The van der Waals surface area contributed by atoms with Crippen molar-refractivity contribution in [2.24, 2.45) is 0 Å². The first-order valence-electron chi connectivity index (χ1n) is 9.49. The lowest BCUT2D eigenvalue weighted by atomic mass is 10.0. The van der Waals surface area contributed by atoms with E-state index < -0.39 is 12.0 Å². The van der Waals surface area contributed by atoms with Crippen molar-refractivity contribution in [3.63, 3.8) is 0 Å². The number of piperazine rings is 1. The molecule has 0 bridgehead atoms. The highest BCUT2D eigenvalue weighted by atomic mass is 16.5. The van der Waals surface area contributed by atoms with Gasteiger partial charge < -0.3 is 24.8 Å². The first-order valence-corrected chi connectivity index (χ1v) is 9.49. The Morgan fingerprint density at radius 3 is 2.64 bits per heavy atom. The van der Waals surface area contributed by atoms with Gasteiger partial charge in [-0.3, -0.25) is 9.59 Å². The number of carbonyl (C=O) groups is 3. The number of benzene rings is 1. The third-order valence-corrected chi connectivity index (χ3v) is 5.25. The molecule has 8 nitrogen and oxygen atoms in total. The van der Waals surface area contributed by atoms with Gasteiger partial charge in [-0.2, -0.15) is 0 Å². The molecule has 0 saturated carbocycles. The highest BCUT2D eigenvalue weighted by Crippen LogP contribution is 2.19. The molecule has 1 atom stereocenters. The van der Waals surface area contributed by atoms with Crippen LogP contribution in [-0.4, -0.2) is 73.5 Å². The van der Waals surface area contributed by atoms with E-state index in [2.05, 4.69) is 10.3 Å². The Kier molecular flexibility index (Phi) is 6.30. The fourth-order valence-electron chi connectivity index (χ4n) is 3.64. The molecule has 3 N–H and O–H groups in total. The van der Waals surface area contributed by atoms with E-state index in [-0.39, 0.29) is 18.4 Å². The van der Waals surface area contributed by atoms with Gasteiger partial charge in [0.2, 0.25) is 5.91 Å². The third-order valence-electron chi connectivity index (χ3n) is 5.25. The van der Waals surface area contributed by atoms with Crippen molar-refractivity contribution >= 4 is 28.7 Å². The van der Waals surface area contributed by atoms with E-state index in [4.69, 9.17) is 4.74 Å². The molecule has 1 aromatic carbocycles. The number of ether oxygens (including phenoxy) is 1. The minimum Gasteiger partial charge on any atom is -0.467 e. The number of H-pyrrole nitrogens is 1. The lowest BCUT2D eigenvalue weighted by Gasteiger charge is -2.31. The molecule has 150 valence electrons. The number of nitrogens with one attached hydrogen (secondary N) is 3. The summed E-state index contributed by atoms with van der Waals surface area (Å²) in [6.45, 7) is 4.56. The van der Waals surface area contributed by atoms with E-state index in [0.717, 1.165) is 34.5 Å². The van der Waals surface area contributed by atoms with E-state index in [9.17, 15) is 14.4 Å². The summed E-state index contributed by atoms with van der Waals surface area (Å²) in [5.41, 5.74) is 1.94. The molecule has 8 heteroatoms. The number of rotatable bonds is 6. The molecule has 2 aromatic rings. The number of hydrogen-bond acceptors (Lipinski definition) is 4. The molecule has 3 rings (SSSR count). The molecular formula is C20H27N4O4+. The second kappa shape index (κ2) is 8.88. The van der Waals surface area contributed by atoms with Crippen LogP contribution in [0.15, 0.2) is 30.5 Å². The number of hydrogen-bond donors (Lipinski definition) is 3. The largest absolute Gasteiger partial charge is 0.467 e. The maximum Gasteiger partial charge on any atom is 0.328 e. The van der Waals surface area contributed by atoms with Gasteiger partial charge in [0.15, 0.2) is 6.54 Å². The predicted octanol–water partition coefficient (Wildman–Crippen LogP) is -0.885. The minimum absolute atomic E-state index is 0.0629. The van der Waals surface area contributed by atoms with Gasteiger partial charge in [0.25, 0.3) is 5.91 Å². The van der Waals surface area contributed by atoms with Crippen LogP contribution in [0.25, 0.3) is 10.9 Å². The van der Waals surface area contributed by atoms with Gasteiger partial charge in [0, 0.05) is 30.4 Å². The summed E-state index contributed by atoms with van der Waals surface area (Å²) in [5, 5.41) is 3.85. The lowest BCUT2D eigenvalue weighted by molar-refractivity contribution is -0.896. The molecule has 2 amide bonds. The van der Waals surface area contributed by atoms with E-state index in [0.29, 0.717) is 19.5 Å². The summed E-state index contributed by atoms with van der Waals surface area (Å²) in [6, 6.07) is 7.09. The molecule has 1 saturated heterocycles. The maximum absolute atomic E-state index is 12.5. The topological polar surface area (TPSA) is 95.9 Å². The van der Waals surface area contributed by atoms with Crippen LogP contribution in [0.4, 0.5) is 0 Å². The summed E-state index contributed by atoms with van der Waals surface area (Å²) < 4.78 is 4.89. The molecule has 1 aliphatic heterocycles. The van der Waals surface area contributed by atoms with Crippen LogP contribution in [0.2, 0.25) is 0 Å². The number of nitrogens with zero attached hydrogens (tertiary/aromatic N) is 1. The zero-order chi connectivity index (χ0) is 20.1. The number of esters is 1. The standard InChI is InChI=1S/C20H26N4O4/c1-14(25)24-9-7-23(8-10-24)13-19(26)22-18(20(27)28-2)11-15-12-21-17-6-4-3-5-16(15)17/h3-6,12,18,21H,7-11,13H2,1-2H3,(H,22,26)/p+1/t18-/m1/s1. The van der Waals surface area contributed by atoms with E-state index in [1.165, 1.54) is 7.11 Å². The summed E-state index contributed by atoms with van der Waals surface area (Å²) in [7, 11) is 1.32. The number of methoxy groups -OCH3 is 1. The first-order chi connectivity index (χ1) is 13.5. The molecule has 0 unspecified atom stereocenters. The van der Waals surface area contributed by atoms with Crippen molar-refractivity contribution in [2.45, 2.75) is 19.4 Å². The number of quaternary nitrogens is 1. The number of aromatic amines is 1. The lowest BCUT2D eigenvalue weighted by Crippen LogP contribution is -3.15. The van der Waals surface area contributed by atoms with Crippen LogP contribution in [-0.2, 0) is 25.5 Å². The fraction of sp³-hybridized carbons (Fsp3) is 0.450. The van der Waals surface area contributed by atoms with Crippen molar-refractivity contribution in [3.05, 3.63) is 36.0 Å². The summed E-state index contributed by atoms with van der Waals surface area (Å²) >= 11 is 0. The second-order valence-corrected chi connectivity index (χ2v) is 7.14. The Morgan fingerprint density at radius 2 is 1.96 bits per heavy atom. The molecule has 1 aliphatic rings. The van der Waals surface area contributed by atoms with E-state index in [1.54, 1.807) is 11.8 Å². The molecule has 0 radical (unpaired) electrons.